The van der Waals surface area contributed by atoms with Crippen LogP contribution in [0.3, 0.4) is 0 Å². The fourth-order valence-electron chi connectivity index (χ4n) is 3.19. The van der Waals surface area contributed by atoms with Crippen LogP contribution in [0.25, 0.3) is 0 Å². The average Bonchev–Trinajstić information content (AvgIpc) is 2.57. The van der Waals surface area contributed by atoms with Crippen LogP contribution in [0, 0.1) is 5.92 Å². The molecule has 4 nitrogen and oxygen atoms in total. The summed E-state index contributed by atoms with van der Waals surface area (Å²) in [4.78, 5) is 16.5. The third kappa shape index (κ3) is 4.93. The number of halogens is 1. The molecular weight excluding hydrogens is 312 g/mol. The fraction of sp³-hybridized carbons (Fsp3) is 0.611. The van der Waals surface area contributed by atoms with Crippen LogP contribution >= 0.6 is 11.6 Å². The number of piperidine rings is 1. The Kier molecular flexibility index (Phi) is 6.88. The first-order chi connectivity index (χ1) is 11.0. The lowest BCUT2D eigenvalue weighted by Gasteiger charge is -2.34. The number of benzene rings is 1. The molecule has 1 N–H and O–H groups in total. The zero-order valence-electron chi connectivity index (χ0n) is 14.0. The molecule has 0 radical (unpaired) electrons. The number of aliphatic hydroxyl groups is 1. The van der Waals surface area contributed by atoms with Gasteiger partial charge in [0.25, 0.3) is 0 Å². The molecular formula is C18H27ClN2O2. The van der Waals surface area contributed by atoms with Crippen molar-refractivity contribution >= 4 is 17.5 Å². The Morgan fingerprint density at radius 1 is 1.26 bits per heavy atom. The molecule has 0 spiro atoms. The van der Waals surface area contributed by atoms with Gasteiger partial charge in [0.15, 0.2) is 0 Å². The quantitative estimate of drug-likeness (QED) is 0.867. The van der Waals surface area contributed by atoms with Gasteiger partial charge in [-0.2, -0.15) is 0 Å². The molecule has 0 aromatic heterocycles. The van der Waals surface area contributed by atoms with E-state index in [2.05, 4.69) is 4.90 Å². The molecule has 0 aliphatic carbocycles. The van der Waals surface area contributed by atoms with Gasteiger partial charge in [-0.25, -0.2) is 0 Å². The SMILES string of the molecule is CCN(CC)C(=O)C1CCN(CC(O)c2ccc(Cl)cc2)CC1. The van der Waals surface area contributed by atoms with E-state index in [0.29, 0.717) is 11.6 Å². The van der Waals surface area contributed by atoms with E-state index < -0.39 is 6.10 Å². The maximum absolute atomic E-state index is 12.4. The predicted molar refractivity (Wildman–Crippen MR) is 93.5 cm³/mol. The highest BCUT2D eigenvalue weighted by molar-refractivity contribution is 6.30. The maximum Gasteiger partial charge on any atom is 0.225 e. The minimum Gasteiger partial charge on any atom is -0.387 e. The molecule has 5 heteroatoms. The van der Waals surface area contributed by atoms with Crippen LogP contribution in [0.4, 0.5) is 0 Å². The number of β-amino-alcohol motifs (C(OH)–C–C–N with tert-alkyl or cyclic N) is 1. The molecule has 1 aromatic rings. The van der Waals surface area contributed by atoms with E-state index in [1.807, 2.05) is 30.9 Å². The van der Waals surface area contributed by atoms with Gasteiger partial charge in [0.05, 0.1) is 6.10 Å². The van der Waals surface area contributed by atoms with Crippen molar-refractivity contribution in [2.45, 2.75) is 32.8 Å². The number of aliphatic hydroxyl groups excluding tert-OH is 1. The van der Waals surface area contributed by atoms with Crippen molar-refractivity contribution in [2.75, 3.05) is 32.7 Å². The van der Waals surface area contributed by atoms with Gasteiger partial charge in [-0.3, -0.25) is 4.79 Å². The molecule has 1 saturated heterocycles. The molecule has 1 amide bonds. The number of likely N-dealkylation sites (tertiary alicyclic amines) is 1. The van der Waals surface area contributed by atoms with Crippen molar-refractivity contribution in [3.8, 4) is 0 Å². The van der Waals surface area contributed by atoms with Crippen molar-refractivity contribution < 1.29 is 9.90 Å². The van der Waals surface area contributed by atoms with Crippen molar-refractivity contribution in [3.63, 3.8) is 0 Å². The monoisotopic (exact) mass is 338 g/mol. The Labute approximate surface area is 144 Å². The zero-order chi connectivity index (χ0) is 16.8. The Morgan fingerprint density at radius 3 is 2.35 bits per heavy atom. The predicted octanol–water partition coefficient (Wildman–Crippen LogP) is 2.95. The van der Waals surface area contributed by atoms with Crippen LogP contribution < -0.4 is 0 Å². The number of hydrogen-bond donors (Lipinski definition) is 1. The second-order valence-electron chi connectivity index (χ2n) is 6.15. The topological polar surface area (TPSA) is 43.8 Å². The average molecular weight is 339 g/mol. The van der Waals surface area contributed by atoms with Crippen molar-refractivity contribution in [1.82, 2.24) is 9.80 Å². The Morgan fingerprint density at radius 2 is 1.83 bits per heavy atom. The van der Waals surface area contributed by atoms with E-state index in [0.717, 1.165) is 44.6 Å². The number of amides is 1. The highest BCUT2D eigenvalue weighted by Gasteiger charge is 2.28. The second kappa shape index (κ2) is 8.67. The van der Waals surface area contributed by atoms with Crippen LogP contribution in [-0.2, 0) is 4.79 Å². The summed E-state index contributed by atoms with van der Waals surface area (Å²) < 4.78 is 0. The third-order valence-corrected chi connectivity index (χ3v) is 4.95. The van der Waals surface area contributed by atoms with E-state index in [-0.39, 0.29) is 11.8 Å². The van der Waals surface area contributed by atoms with Crippen molar-refractivity contribution in [1.29, 1.82) is 0 Å². The maximum atomic E-state index is 12.4. The molecule has 1 fully saturated rings. The standard InChI is InChI=1S/C18H27ClN2O2/c1-3-21(4-2)18(23)15-9-11-20(12-10-15)13-17(22)14-5-7-16(19)8-6-14/h5-8,15,17,22H,3-4,9-13H2,1-2H3. The molecule has 1 atom stereocenters. The fourth-order valence-corrected chi connectivity index (χ4v) is 3.32. The Balaban J connectivity index is 1.82. The molecule has 0 saturated carbocycles. The first kappa shape index (κ1) is 18.2. The molecule has 0 bridgehead atoms. The zero-order valence-corrected chi connectivity index (χ0v) is 14.8. The molecule has 1 aliphatic rings. The molecule has 23 heavy (non-hydrogen) atoms. The van der Waals surface area contributed by atoms with E-state index in [9.17, 15) is 9.90 Å². The van der Waals surface area contributed by atoms with Gasteiger partial charge >= 0.3 is 0 Å². The van der Waals surface area contributed by atoms with Gasteiger partial charge in [-0.05, 0) is 57.5 Å². The molecule has 128 valence electrons. The first-order valence-electron chi connectivity index (χ1n) is 8.49. The van der Waals surface area contributed by atoms with Crippen LogP contribution in [0.1, 0.15) is 38.4 Å². The minimum atomic E-state index is -0.512. The van der Waals surface area contributed by atoms with Gasteiger partial charge in [-0.15, -0.1) is 0 Å². The lowest BCUT2D eigenvalue weighted by Crippen LogP contribution is -2.43. The molecule has 1 aromatic carbocycles. The van der Waals surface area contributed by atoms with Crippen LogP contribution in [0.2, 0.25) is 5.02 Å². The number of rotatable bonds is 6. The number of hydrogen-bond acceptors (Lipinski definition) is 3. The summed E-state index contributed by atoms with van der Waals surface area (Å²) in [5, 5.41) is 11.0. The summed E-state index contributed by atoms with van der Waals surface area (Å²) in [7, 11) is 0. The minimum absolute atomic E-state index is 0.138. The van der Waals surface area contributed by atoms with Crippen LogP contribution in [-0.4, -0.2) is 53.5 Å². The molecule has 1 unspecified atom stereocenters. The largest absolute Gasteiger partial charge is 0.387 e. The number of nitrogens with zero attached hydrogens (tertiary/aromatic N) is 2. The molecule has 1 heterocycles. The van der Waals surface area contributed by atoms with Crippen molar-refractivity contribution in [3.05, 3.63) is 34.9 Å². The van der Waals surface area contributed by atoms with Crippen LogP contribution in [0.5, 0.6) is 0 Å². The van der Waals surface area contributed by atoms with Crippen molar-refractivity contribution in [2.24, 2.45) is 5.92 Å². The first-order valence-corrected chi connectivity index (χ1v) is 8.87. The van der Waals surface area contributed by atoms with Gasteiger partial charge < -0.3 is 14.9 Å². The summed E-state index contributed by atoms with van der Waals surface area (Å²) in [6.45, 7) is 7.95. The summed E-state index contributed by atoms with van der Waals surface area (Å²) in [5.74, 6) is 0.423. The molecule has 1 aliphatic heterocycles. The summed E-state index contributed by atoms with van der Waals surface area (Å²) in [6.07, 6.45) is 1.24. The Bertz CT molecular complexity index is 494. The number of carbonyl (C=O) groups is 1. The smallest absolute Gasteiger partial charge is 0.225 e. The molecule has 2 rings (SSSR count). The highest BCUT2D eigenvalue weighted by atomic mass is 35.5. The highest BCUT2D eigenvalue weighted by Crippen LogP contribution is 2.23. The van der Waals surface area contributed by atoms with E-state index in [4.69, 9.17) is 11.6 Å². The van der Waals surface area contributed by atoms with Gasteiger partial charge in [0.1, 0.15) is 0 Å². The summed E-state index contributed by atoms with van der Waals surface area (Å²) in [5.41, 5.74) is 0.885. The Hall–Kier alpha value is -1.10. The third-order valence-electron chi connectivity index (χ3n) is 4.70. The van der Waals surface area contributed by atoms with E-state index in [1.54, 1.807) is 12.1 Å². The van der Waals surface area contributed by atoms with Gasteiger partial charge in [-0.1, -0.05) is 23.7 Å². The normalized spacial score (nSPS) is 17.9. The van der Waals surface area contributed by atoms with E-state index >= 15 is 0 Å². The van der Waals surface area contributed by atoms with Gasteiger partial charge in [0.2, 0.25) is 5.91 Å². The second-order valence-corrected chi connectivity index (χ2v) is 6.59. The summed E-state index contributed by atoms with van der Waals surface area (Å²) >= 11 is 5.88. The van der Waals surface area contributed by atoms with E-state index in [1.165, 1.54) is 0 Å². The number of carbonyl (C=O) groups excluding carboxylic acids is 1. The lowest BCUT2D eigenvalue weighted by molar-refractivity contribution is -0.136. The lowest BCUT2D eigenvalue weighted by atomic mass is 9.94. The van der Waals surface area contributed by atoms with Gasteiger partial charge in [0, 0.05) is 30.6 Å². The van der Waals surface area contributed by atoms with Crippen LogP contribution in [0.15, 0.2) is 24.3 Å². The summed E-state index contributed by atoms with van der Waals surface area (Å²) in [6, 6.07) is 7.33.